The Labute approximate surface area is 206 Å². The summed E-state index contributed by atoms with van der Waals surface area (Å²) in [6.45, 7) is 0.740. The average Bonchev–Trinajstić information content (AvgIpc) is 3.29. The van der Waals surface area contributed by atoms with Crippen LogP contribution in [0.2, 0.25) is 0 Å². The zero-order valence-corrected chi connectivity index (χ0v) is 19.8. The molecule has 0 fully saturated rings. The third-order valence-electron chi connectivity index (χ3n) is 7.00. The quantitative estimate of drug-likeness (QED) is 0.364. The second-order valence-corrected chi connectivity index (χ2v) is 9.20. The fraction of sp³-hybridized carbons (Fsp3) is 0.161. The topological polar surface area (TPSA) is 41.1 Å². The molecule has 0 bridgehead atoms. The van der Waals surface area contributed by atoms with Gasteiger partial charge in [0.25, 0.3) is 0 Å². The largest absolute Gasteiger partial charge is 0.373 e. The number of para-hydroxylation sites is 1. The molecule has 1 N–H and O–H groups in total. The first-order chi connectivity index (χ1) is 17.3. The van der Waals surface area contributed by atoms with E-state index in [-0.39, 0.29) is 5.92 Å². The lowest BCUT2D eigenvalue weighted by Gasteiger charge is -2.24. The number of aromatic nitrogens is 2. The second kappa shape index (κ2) is 9.22. The van der Waals surface area contributed by atoms with Crippen molar-refractivity contribution in [3.05, 3.63) is 132 Å². The predicted octanol–water partition coefficient (Wildman–Crippen LogP) is 6.42. The van der Waals surface area contributed by atoms with Gasteiger partial charge in [-0.05, 0) is 53.6 Å². The first-order valence-electron chi connectivity index (χ1n) is 12.2. The maximum absolute atomic E-state index is 5.04. The number of fused-ring (bicyclic) bond motifs is 2. The number of rotatable bonds is 6. The molecule has 6 rings (SSSR count). The maximum atomic E-state index is 5.04. The van der Waals surface area contributed by atoms with Gasteiger partial charge in [0.05, 0.1) is 11.6 Å². The van der Waals surface area contributed by atoms with Crippen LogP contribution in [0.5, 0.6) is 0 Å². The maximum Gasteiger partial charge on any atom is 0.161 e. The van der Waals surface area contributed by atoms with Crippen LogP contribution in [0.1, 0.15) is 29.3 Å². The van der Waals surface area contributed by atoms with E-state index in [9.17, 15) is 0 Å². The van der Waals surface area contributed by atoms with E-state index in [4.69, 9.17) is 9.97 Å². The Bertz CT molecular complexity index is 1400. The summed E-state index contributed by atoms with van der Waals surface area (Å²) in [4.78, 5) is 12.2. The Morgan fingerprint density at radius 2 is 1.57 bits per heavy atom. The molecule has 4 nitrogen and oxygen atoms in total. The van der Waals surface area contributed by atoms with Gasteiger partial charge >= 0.3 is 0 Å². The van der Waals surface area contributed by atoms with Gasteiger partial charge in [-0.25, -0.2) is 9.97 Å². The van der Waals surface area contributed by atoms with Gasteiger partial charge in [-0.1, -0.05) is 78.9 Å². The number of hydrogen-bond donors (Lipinski definition) is 1. The number of likely N-dealkylation sites (N-methyl/N-ethyl adjacent to an activating group) is 1. The van der Waals surface area contributed by atoms with E-state index in [1.54, 1.807) is 0 Å². The molecule has 1 aliphatic heterocycles. The molecule has 0 saturated heterocycles. The summed E-state index contributed by atoms with van der Waals surface area (Å²) in [6, 6.07) is 30.0. The van der Waals surface area contributed by atoms with E-state index in [1.807, 2.05) is 12.1 Å². The molecule has 2 aliphatic rings. The first-order valence-corrected chi connectivity index (χ1v) is 12.2. The van der Waals surface area contributed by atoms with Crippen LogP contribution in [0.15, 0.2) is 115 Å². The Kier molecular flexibility index (Phi) is 5.63. The van der Waals surface area contributed by atoms with Crippen molar-refractivity contribution in [3.63, 3.8) is 0 Å². The highest BCUT2D eigenvalue weighted by molar-refractivity contribution is 5.91. The Morgan fingerprint density at radius 1 is 0.886 bits per heavy atom. The molecule has 1 aromatic heterocycles. The Morgan fingerprint density at radius 3 is 2.31 bits per heavy atom. The lowest BCUT2D eigenvalue weighted by atomic mass is 9.91. The van der Waals surface area contributed by atoms with Crippen LogP contribution in [0, 0.1) is 0 Å². The van der Waals surface area contributed by atoms with Crippen molar-refractivity contribution < 1.29 is 0 Å². The molecule has 2 heterocycles. The Hall–Kier alpha value is -4.18. The lowest BCUT2D eigenvalue weighted by Crippen LogP contribution is -2.24. The van der Waals surface area contributed by atoms with E-state index >= 15 is 0 Å². The molecule has 0 amide bonds. The smallest absolute Gasteiger partial charge is 0.161 e. The molecule has 172 valence electrons. The van der Waals surface area contributed by atoms with E-state index in [0.29, 0.717) is 6.04 Å². The molecule has 0 spiro atoms. The van der Waals surface area contributed by atoms with Crippen molar-refractivity contribution in [2.75, 3.05) is 18.9 Å². The van der Waals surface area contributed by atoms with Crippen LogP contribution in [-0.4, -0.2) is 34.5 Å². The van der Waals surface area contributed by atoms with Gasteiger partial charge in [0.15, 0.2) is 5.82 Å². The Balaban J connectivity index is 1.35. The minimum absolute atomic E-state index is 0.213. The van der Waals surface area contributed by atoms with E-state index in [0.717, 1.165) is 41.1 Å². The van der Waals surface area contributed by atoms with Crippen molar-refractivity contribution >= 4 is 22.3 Å². The molecule has 4 heteroatoms. The monoisotopic (exact) mass is 456 g/mol. The molecular weight excluding hydrogens is 428 g/mol. The zero-order chi connectivity index (χ0) is 23.6. The summed E-state index contributed by atoms with van der Waals surface area (Å²) in [5, 5.41) is 4.74. The van der Waals surface area contributed by atoms with E-state index in [1.165, 1.54) is 16.7 Å². The normalized spacial score (nSPS) is 16.9. The molecule has 1 unspecified atom stereocenters. The molecule has 35 heavy (non-hydrogen) atoms. The number of nitrogens with zero attached hydrogens (tertiary/aromatic N) is 3. The van der Waals surface area contributed by atoms with Crippen LogP contribution >= 0.6 is 0 Å². The molecular formula is C31H28N4. The highest BCUT2D eigenvalue weighted by atomic mass is 15.1. The first kappa shape index (κ1) is 21.4. The predicted molar refractivity (Wildman–Crippen MR) is 144 cm³/mol. The molecule has 4 aromatic rings. The van der Waals surface area contributed by atoms with Gasteiger partial charge in [-0.2, -0.15) is 0 Å². The summed E-state index contributed by atoms with van der Waals surface area (Å²) < 4.78 is 0. The standard InChI is InChI=1S/C31H28N4/c1-35-19-18-24-20-25(16-17-29(24)35)30-33-28-15-9-8-14-26(28)31(34-30)32-21-27(22-10-4-2-5-11-22)23-12-6-3-7-13-23/h2-16,18-20,27,29H,17,21H2,1H3,(H,32,33,34). The molecule has 3 aromatic carbocycles. The van der Waals surface area contributed by atoms with E-state index < -0.39 is 0 Å². The summed E-state index contributed by atoms with van der Waals surface area (Å²) in [6.07, 6.45) is 9.81. The van der Waals surface area contributed by atoms with Crippen molar-refractivity contribution in [2.45, 2.75) is 18.4 Å². The van der Waals surface area contributed by atoms with E-state index in [2.05, 4.69) is 114 Å². The number of hydrogen-bond acceptors (Lipinski definition) is 4. The number of allylic oxidation sites excluding steroid dienone is 2. The lowest BCUT2D eigenvalue weighted by molar-refractivity contribution is 0.394. The summed E-state index contributed by atoms with van der Waals surface area (Å²) in [5.41, 5.74) is 5.94. The number of nitrogens with one attached hydrogen (secondary N) is 1. The highest BCUT2D eigenvalue weighted by Crippen LogP contribution is 2.33. The summed E-state index contributed by atoms with van der Waals surface area (Å²) in [5.74, 6) is 1.87. The van der Waals surface area contributed by atoms with Gasteiger partial charge in [0.2, 0.25) is 0 Å². The van der Waals surface area contributed by atoms with Crippen molar-refractivity contribution in [1.29, 1.82) is 0 Å². The van der Waals surface area contributed by atoms with Crippen LogP contribution in [0.4, 0.5) is 5.82 Å². The van der Waals surface area contributed by atoms with Crippen molar-refractivity contribution in [3.8, 4) is 0 Å². The molecule has 0 radical (unpaired) electrons. The minimum atomic E-state index is 0.213. The van der Waals surface area contributed by atoms with Gasteiger partial charge in [0, 0.05) is 30.5 Å². The molecule has 0 saturated carbocycles. The van der Waals surface area contributed by atoms with Crippen LogP contribution in [-0.2, 0) is 0 Å². The summed E-state index contributed by atoms with van der Waals surface area (Å²) >= 11 is 0. The van der Waals surface area contributed by atoms with Crippen LogP contribution < -0.4 is 5.32 Å². The highest BCUT2D eigenvalue weighted by Gasteiger charge is 2.24. The molecule has 1 atom stereocenters. The SMILES string of the molecule is CN1C=CC2=CC(c3nc(NCC(c4ccccc4)c4ccccc4)c4ccccc4n3)=CCC21. The number of anilines is 1. The minimum Gasteiger partial charge on any atom is -0.373 e. The average molecular weight is 457 g/mol. The third kappa shape index (κ3) is 4.24. The summed E-state index contributed by atoms with van der Waals surface area (Å²) in [7, 11) is 2.13. The molecule has 1 aliphatic carbocycles. The van der Waals surface area contributed by atoms with Crippen LogP contribution in [0.3, 0.4) is 0 Å². The van der Waals surface area contributed by atoms with Gasteiger partial charge in [-0.3, -0.25) is 0 Å². The van der Waals surface area contributed by atoms with Crippen molar-refractivity contribution in [1.82, 2.24) is 14.9 Å². The second-order valence-electron chi connectivity index (χ2n) is 9.20. The van der Waals surface area contributed by atoms with Gasteiger partial charge in [-0.15, -0.1) is 0 Å². The zero-order valence-electron chi connectivity index (χ0n) is 19.8. The number of benzene rings is 3. The van der Waals surface area contributed by atoms with Gasteiger partial charge in [0.1, 0.15) is 5.82 Å². The van der Waals surface area contributed by atoms with Crippen molar-refractivity contribution in [2.24, 2.45) is 0 Å². The fourth-order valence-corrected chi connectivity index (χ4v) is 5.07. The van der Waals surface area contributed by atoms with Gasteiger partial charge < -0.3 is 10.2 Å². The van der Waals surface area contributed by atoms with Crippen LogP contribution in [0.25, 0.3) is 16.5 Å². The fourth-order valence-electron chi connectivity index (χ4n) is 5.07. The third-order valence-corrected chi connectivity index (χ3v) is 7.00.